The van der Waals surface area contributed by atoms with Crippen LogP contribution in [0.15, 0.2) is 71.7 Å². The fourth-order valence-corrected chi connectivity index (χ4v) is 3.15. The molecule has 3 rings (SSSR count). The minimum atomic E-state index is -4.96. The van der Waals surface area contributed by atoms with Gasteiger partial charge in [0, 0.05) is 38.2 Å². The number of ether oxygens (including phenoxy) is 1. The van der Waals surface area contributed by atoms with Crippen LogP contribution in [0.1, 0.15) is 26.4 Å². The van der Waals surface area contributed by atoms with E-state index in [4.69, 9.17) is 10.1 Å². The molecule has 0 unspecified atom stereocenters. The van der Waals surface area contributed by atoms with Gasteiger partial charge in [-0.15, -0.1) is 0 Å². The smallest absolute Gasteiger partial charge is 0.471 e. The van der Waals surface area contributed by atoms with Crippen molar-refractivity contribution in [2.75, 3.05) is 11.9 Å². The van der Waals surface area contributed by atoms with Gasteiger partial charge in [0.15, 0.2) is 0 Å². The largest absolute Gasteiger partial charge is 0.491 e. The molecule has 218 valence electrons. The van der Waals surface area contributed by atoms with Crippen LogP contribution in [-0.4, -0.2) is 35.5 Å². The number of alkyl halides is 6. The van der Waals surface area contributed by atoms with Crippen LogP contribution >= 0.6 is 0 Å². The molecular weight excluding hydrogens is 542 g/mol. The first kappa shape index (κ1) is 31.9. The topological polar surface area (TPSA) is 96.2 Å². The lowest BCUT2D eigenvalue weighted by Crippen LogP contribution is -2.48. The number of carbonyl (C=O) groups is 1. The van der Waals surface area contributed by atoms with Gasteiger partial charge in [0.1, 0.15) is 12.4 Å². The van der Waals surface area contributed by atoms with Gasteiger partial charge >= 0.3 is 18.3 Å². The van der Waals surface area contributed by atoms with Gasteiger partial charge in [-0.1, -0.05) is 44.2 Å². The molecule has 3 aromatic rings. The molecule has 1 amide bonds. The predicted molar refractivity (Wildman–Crippen MR) is 141 cm³/mol. The summed E-state index contributed by atoms with van der Waals surface area (Å²) in [4.78, 5) is 22.7. The Labute approximate surface area is 227 Å². The molecule has 0 bridgehead atoms. The lowest BCUT2D eigenvalue weighted by molar-refractivity contribution is -0.174. The summed E-state index contributed by atoms with van der Waals surface area (Å²) in [6.45, 7) is 3.19. The zero-order valence-corrected chi connectivity index (χ0v) is 21.7. The zero-order valence-electron chi connectivity index (χ0n) is 21.7. The van der Waals surface area contributed by atoms with E-state index in [0.29, 0.717) is 22.7 Å². The van der Waals surface area contributed by atoms with E-state index in [-0.39, 0.29) is 19.5 Å². The van der Waals surface area contributed by atoms with Gasteiger partial charge in [-0.3, -0.25) is 9.59 Å². The fraction of sp³-hybridized carbons (Fsp3) is 0.296. The molecule has 1 atom stereocenters. The normalized spacial score (nSPS) is 12.2. The molecule has 0 saturated carbocycles. The molecule has 3 N–H and O–H groups in total. The number of aryl methyl sites for hydroxylation is 1. The Morgan fingerprint density at radius 2 is 1.70 bits per heavy atom. The quantitative estimate of drug-likeness (QED) is 0.223. The second-order valence-corrected chi connectivity index (χ2v) is 8.88. The van der Waals surface area contributed by atoms with E-state index in [0.717, 1.165) is 18.3 Å². The van der Waals surface area contributed by atoms with Crippen molar-refractivity contribution in [3.8, 4) is 5.75 Å². The first-order valence-electron chi connectivity index (χ1n) is 11.8. The minimum Gasteiger partial charge on any atom is -0.491 e. The molecule has 0 radical (unpaired) electrons. The van der Waals surface area contributed by atoms with E-state index < -0.39 is 29.9 Å². The van der Waals surface area contributed by atoms with Crippen LogP contribution < -0.4 is 20.9 Å². The van der Waals surface area contributed by atoms with Gasteiger partial charge < -0.3 is 25.3 Å². The summed E-state index contributed by atoms with van der Waals surface area (Å²) in [5.74, 6) is -1.96. The number of amides is 1. The van der Waals surface area contributed by atoms with Crippen molar-refractivity contribution in [1.29, 1.82) is 5.41 Å². The van der Waals surface area contributed by atoms with Crippen molar-refractivity contribution in [1.82, 2.24) is 9.88 Å². The molecule has 0 aliphatic heterocycles. The van der Waals surface area contributed by atoms with E-state index in [1.165, 1.54) is 22.8 Å². The van der Waals surface area contributed by atoms with Crippen molar-refractivity contribution in [2.45, 2.75) is 32.2 Å². The van der Waals surface area contributed by atoms with Crippen LogP contribution in [0.2, 0.25) is 0 Å². The highest BCUT2D eigenvalue weighted by molar-refractivity contribution is 5.88. The van der Waals surface area contributed by atoms with E-state index in [1.54, 1.807) is 57.4 Å². The first-order valence-corrected chi connectivity index (χ1v) is 11.8. The Bertz CT molecular complexity index is 1350. The molecule has 0 aliphatic rings. The number of aromatic nitrogens is 1. The van der Waals surface area contributed by atoms with Crippen molar-refractivity contribution >= 4 is 23.5 Å². The maximum atomic E-state index is 12.5. The van der Waals surface area contributed by atoms with Gasteiger partial charge in [0.2, 0.25) is 5.56 Å². The Morgan fingerprint density at radius 1 is 1.05 bits per heavy atom. The Morgan fingerprint density at radius 3 is 2.20 bits per heavy atom. The molecule has 1 heterocycles. The van der Waals surface area contributed by atoms with Gasteiger partial charge in [0.05, 0.1) is 17.3 Å². The number of carbonyl (C=O) groups excluding carboxylic acids is 1. The average molecular weight is 573 g/mol. The molecule has 0 saturated heterocycles. The third kappa shape index (κ3) is 9.79. The summed E-state index contributed by atoms with van der Waals surface area (Å²) < 4.78 is 79.8. The number of pyridine rings is 1. The molecule has 0 spiro atoms. The number of rotatable bonds is 8. The lowest BCUT2D eigenvalue weighted by Gasteiger charge is -2.23. The Kier molecular flexibility index (Phi) is 10.9. The van der Waals surface area contributed by atoms with Gasteiger partial charge in [0.25, 0.3) is 0 Å². The molecule has 40 heavy (non-hydrogen) atoms. The highest BCUT2D eigenvalue weighted by atomic mass is 19.4. The molecule has 13 heteroatoms. The number of halogens is 6. The molecule has 7 nitrogen and oxygen atoms in total. The summed E-state index contributed by atoms with van der Waals surface area (Å²) in [6.07, 6.45) is -6.46. The number of nitrogens with one attached hydrogen (secondary N) is 3. The summed E-state index contributed by atoms with van der Waals surface area (Å²) in [7, 11) is 1.62. The third-order valence-corrected chi connectivity index (χ3v) is 5.45. The molecule has 2 aromatic carbocycles. The highest BCUT2D eigenvalue weighted by Crippen LogP contribution is 2.28. The summed E-state index contributed by atoms with van der Waals surface area (Å²) >= 11 is 0. The standard InChI is InChI=1S/C20H23F3N4O3.C7H5F3.H2/c1-12(2)17(26-19(29)20(21,22)23)11-30-15-5-6-16(13(8-15)9-24)25-14-4-7-18(28)27(3)10-14;8-7(9,10)6-4-2-1-3-5-6;/h4-10,12,17,24-25H,11H2,1-3H3,(H,26,29);1-5H;1H/t17-;;/m1../s1. The van der Waals surface area contributed by atoms with Crippen molar-refractivity contribution < 1.29 is 37.3 Å². The summed E-state index contributed by atoms with van der Waals surface area (Å²) in [6, 6.07) is 13.3. The van der Waals surface area contributed by atoms with Crippen LogP contribution in [0.3, 0.4) is 0 Å². The number of hydrogen-bond donors (Lipinski definition) is 3. The predicted octanol–water partition coefficient (Wildman–Crippen LogP) is 6.16. The van der Waals surface area contributed by atoms with E-state index >= 15 is 0 Å². The number of anilines is 2. The monoisotopic (exact) mass is 572 g/mol. The van der Waals surface area contributed by atoms with Crippen LogP contribution in [-0.2, 0) is 18.0 Å². The molecule has 0 fully saturated rings. The maximum absolute atomic E-state index is 12.5. The van der Waals surface area contributed by atoms with E-state index in [9.17, 15) is 35.9 Å². The first-order chi connectivity index (χ1) is 18.6. The van der Waals surface area contributed by atoms with Gasteiger partial charge in [-0.25, -0.2) is 0 Å². The molecule has 1 aromatic heterocycles. The second kappa shape index (κ2) is 13.7. The van der Waals surface area contributed by atoms with Crippen molar-refractivity contribution in [3.63, 3.8) is 0 Å². The second-order valence-electron chi connectivity index (χ2n) is 8.88. The van der Waals surface area contributed by atoms with Crippen molar-refractivity contribution in [2.24, 2.45) is 13.0 Å². The summed E-state index contributed by atoms with van der Waals surface area (Å²) in [5.41, 5.74) is 0.941. The number of benzene rings is 2. The fourth-order valence-electron chi connectivity index (χ4n) is 3.15. The average Bonchev–Trinajstić information content (AvgIpc) is 2.88. The summed E-state index contributed by atoms with van der Waals surface area (Å²) in [5, 5.41) is 12.6. The van der Waals surface area contributed by atoms with E-state index in [1.807, 2.05) is 5.32 Å². The molecule has 0 aliphatic carbocycles. The Balaban J connectivity index is 0.000000644. The zero-order chi connectivity index (χ0) is 30.1. The van der Waals surface area contributed by atoms with Gasteiger partial charge in [-0.2, -0.15) is 26.3 Å². The van der Waals surface area contributed by atoms with Crippen LogP contribution in [0.25, 0.3) is 0 Å². The number of hydrogen-bond acceptors (Lipinski definition) is 5. The SMILES string of the molecule is CC(C)[C@@H](COc1ccc(Nc2ccc(=O)n(C)c2)c(C=N)c1)NC(=O)C(F)(F)F.FC(F)(F)c1ccccc1.[HH]. The molecular formula is C27H30F6N4O3. The van der Waals surface area contributed by atoms with Gasteiger partial charge in [-0.05, 0) is 30.2 Å². The highest BCUT2D eigenvalue weighted by Gasteiger charge is 2.40. The van der Waals surface area contributed by atoms with E-state index in [2.05, 4.69) is 5.32 Å². The van der Waals surface area contributed by atoms with Crippen LogP contribution in [0, 0.1) is 11.3 Å². The third-order valence-electron chi connectivity index (χ3n) is 5.45. The van der Waals surface area contributed by atoms with Crippen LogP contribution in [0.5, 0.6) is 5.75 Å². The Hall–Kier alpha value is -4.29. The van der Waals surface area contributed by atoms with Crippen LogP contribution in [0.4, 0.5) is 37.7 Å². The minimum absolute atomic E-state index is 0. The lowest BCUT2D eigenvalue weighted by atomic mass is 10.1. The maximum Gasteiger partial charge on any atom is 0.471 e. The van der Waals surface area contributed by atoms with Crippen molar-refractivity contribution in [3.05, 3.63) is 88.3 Å². The number of nitrogens with zero attached hydrogens (tertiary/aromatic N) is 1.